The molecule has 2 aromatic rings. The SMILES string of the molecule is O=C(O)CC1CN(Cc2noc(-c3ccco3)n2)C1. The molecule has 0 radical (unpaired) electrons. The van der Waals surface area contributed by atoms with E-state index < -0.39 is 5.97 Å². The molecule has 0 unspecified atom stereocenters. The molecule has 100 valence electrons. The Balaban J connectivity index is 1.53. The fraction of sp³-hybridized carbons (Fsp3) is 0.417. The van der Waals surface area contributed by atoms with Crippen LogP contribution in [0.1, 0.15) is 12.2 Å². The van der Waals surface area contributed by atoms with Gasteiger partial charge >= 0.3 is 5.97 Å². The van der Waals surface area contributed by atoms with Crippen LogP contribution in [0.2, 0.25) is 0 Å². The van der Waals surface area contributed by atoms with E-state index in [1.54, 1.807) is 18.4 Å². The van der Waals surface area contributed by atoms with Gasteiger partial charge in [0, 0.05) is 13.1 Å². The number of carboxylic acid groups (broad SMARTS) is 1. The van der Waals surface area contributed by atoms with Gasteiger partial charge in [0.1, 0.15) is 0 Å². The van der Waals surface area contributed by atoms with Gasteiger partial charge in [0.2, 0.25) is 0 Å². The first-order valence-corrected chi connectivity index (χ1v) is 6.01. The van der Waals surface area contributed by atoms with Crippen LogP contribution in [-0.2, 0) is 11.3 Å². The van der Waals surface area contributed by atoms with Crippen LogP contribution in [0.25, 0.3) is 11.7 Å². The van der Waals surface area contributed by atoms with Crippen LogP contribution in [0.3, 0.4) is 0 Å². The standard InChI is InChI=1S/C12H13N3O4/c16-11(17)4-8-5-15(6-8)7-10-13-12(19-14-10)9-2-1-3-18-9/h1-3,8H,4-7H2,(H,16,17). The highest BCUT2D eigenvalue weighted by Crippen LogP contribution is 2.22. The zero-order chi connectivity index (χ0) is 13.2. The van der Waals surface area contributed by atoms with E-state index in [9.17, 15) is 4.79 Å². The fourth-order valence-electron chi connectivity index (χ4n) is 2.20. The average Bonchev–Trinajstić information content (AvgIpc) is 2.95. The van der Waals surface area contributed by atoms with Crippen LogP contribution in [0, 0.1) is 5.92 Å². The molecule has 1 saturated heterocycles. The first kappa shape index (κ1) is 11.9. The van der Waals surface area contributed by atoms with Gasteiger partial charge in [-0.05, 0) is 18.1 Å². The predicted molar refractivity (Wildman–Crippen MR) is 63.0 cm³/mol. The number of carbonyl (C=O) groups is 1. The number of furan rings is 1. The Hall–Kier alpha value is -2.15. The molecule has 0 atom stereocenters. The van der Waals surface area contributed by atoms with Crippen molar-refractivity contribution in [2.75, 3.05) is 13.1 Å². The van der Waals surface area contributed by atoms with Gasteiger partial charge < -0.3 is 14.0 Å². The molecule has 19 heavy (non-hydrogen) atoms. The summed E-state index contributed by atoms with van der Waals surface area (Å²) >= 11 is 0. The molecule has 0 amide bonds. The number of hydrogen-bond donors (Lipinski definition) is 1. The lowest BCUT2D eigenvalue weighted by Gasteiger charge is -2.37. The summed E-state index contributed by atoms with van der Waals surface area (Å²) in [5.41, 5.74) is 0. The van der Waals surface area contributed by atoms with Crippen LogP contribution in [-0.4, -0.2) is 39.2 Å². The minimum atomic E-state index is -0.746. The van der Waals surface area contributed by atoms with Crippen molar-refractivity contribution in [2.24, 2.45) is 5.92 Å². The first-order chi connectivity index (χ1) is 9.20. The lowest BCUT2D eigenvalue weighted by Crippen LogP contribution is -2.46. The maximum absolute atomic E-state index is 10.5. The number of hydrogen-bond acceptors (Lipinski definition) is 6. The van der Waals surface area contributed by atoms with Crippen molar-refractivity contribution in [1.82, 2.24) is 15.0 Å². The van der Waals surface area contributed by atoms with Crippen LogP contribution in [0.4, 0.5) is 0 Å². The van der Waals surface area contributed by atoms with E-state index in [-0.39, 0.29) is 12.3 Å². The molecule has 1 aliphatic rings. The number of rotatable bonds is 5. The van der Waals surface area contributed by atoms with Crippen molar-refractivity contribution in [1.29, 1.82) is 0 Å². The molecular formula is C12H13N3O4. The van der Waals surface area contributed by atoms with Crippen molar-refractivity contribution in [3.63, 3.8) is 0 Å². The summed E-state index contributed by atoms with van der Waals surface area (Å²) in [4.78, 5) is 16.9. The first-order valence-electron chi connectivity index (χ1n) is 6.01. The molecule has 1 fully saturated rings. The average molecular weight is 263 g/mol. The van der Waals surface area contributed by atoms with Gasteiger partial charge in [-0.25, -0.2) is 0 Å². The maximum atomic E-state index is 10.5. The molecule has 0 saturated carbocycles. The zero-order valence-electron chi connectivity index (χ0n) is 10.2. The zero-order valence-corrected chi connectivity index (χ0v) is 10.2. The summed E-state index contributed by atoms with van der Waals surface area (Å²) in [6.07, 6.45) is 1.77. The van der Waals surface area contributed by atoms with Crippen LogP contribution < -0.4 is 0 Å². The van der Waals surface area contributed by atoms with Gasteiger partial charge in [0.25, 0.3) is 5.89 Å². The Kier molecular flexibility index (Phi) is 3.04. The summed E-state index contributed by atoms with van der Waals surface area (Å²) < 4.78 is 10.3. The molecular weight excluding hydrogens is 250 g/mol. The summed E-state index contributed by atoms with van der Waals surface area (Å²) in [6.45, 7) is 2.09. The number of carboxylic acids is 1. The lowest BCUT2D eigenvalue weighted by molar-refractivity contribution is -0.139. The fourth-order valence-corrected chi connectivity index (χ4v) is 2.20. The number of aliphatic carboxylic acids is 1. The molecule has 1 N–H and O–H groups in total. The van der Waals surface area contributed by atoms with Crippen molar-refractivity contribution >= 4 is 5.97 Å². The Labute approximate surface area is 108 Å². The van der Waals surface area contributed by atoms with Gasteiger partial charge in [-0.3, -0.25) is 9.69 Å². The molecule has 1 aliphatic heterocycles. The van der Waals surface area contributed by atoms with E-state index >= 15 is 0 Å². The van der Waals surface area contributed by atoms with E-state index in [4.69, 9.17) is 14.0 Å². The molecule has 0 aliphatic carbocycles. The summed E-state index contributed by atoms with van der Waals surface area (Å²) in [5, 5.41) is 12.5. The van der Waals surface area contributed by atoms with Gasteiger partial charge in [0.15, 0.2) is 11.6 Å². The molecule has 7 nitrogen and oxygen atoms in total. The van der Waals surface area contributed by atoms with Crippen molar-refractivity contribution < 1.29 is 18.8 Å². The van der Waals surface area contributed by atoms with Crippen LogP contribution in [0.5, 0.6) is 0 Å². The van der Waals surface area contributed by atoms with E-state index in [0.717, 1.165) is 13.1 Å². The molecule has 3 heterocycles. The normalized spacial score (nSPS) is 16.4. The summed E-state index contributed by atoms with van der Waals surface area (Å²) in [7, 11) is 0. The number of nitrogens with zero attached hydrogens (tertiary/aromatic N) is 3. The maximum Gasteiger partial charge on any atom is 0.303 e. The van der Waals surface area contributed by atoms with Crippen molar-refractivity contribution in [2.45, 2.75) is 13.0 Å². The lowest BCUT2D eigenvalue weighted by atomic mass is 9.96. The highest BCUT2D eigenvalue weighted by Gasteiger charge is 2.29. The molecule has 0 bridgehead atoms. The van der Waals surface area contributed by atoms with Crippen molar-refractivity contribution in [3.8, 4) is 11.7 Å². The Morgan fingerprint density at radius 3 is 3.05 bits per heavy atom. The van der Waals surface area contributed by atoms with Gasteiger partial charge in [-0.15, -0.1) is 0 Å². The van der Waals surface area contributed by atoms with Gasteiger partial charge in [0.05, 0.1) is 19.2 Å². The Morgan fingerprint density at radius 1 is 1.53 bits per heavy atom. The molecule has 7 heteroatoms. The molecule has 3 rings (SSSR count). The molecule has 2 aromatic heterocycles. The quantitative estimate of drug-likeness (QED) is 0.867. The van der Waals surface area contributed by atoms with Crippen LogP contribution >= 0.6 is 0 Å². The van der Waals surface area contributed by atoms with E-state index in [1.165, 1.54) is 0 Å². The van der Waals surface area contributed by atoms with Gasteiger partial charge in [-0.2, -0.15) is 4.98 Å². The summed E-state index contributed by atoms with van der Waals surface area (Å²) in [6, 6.07) is 3.51. The molecule has 0 spiro atoms. The Bertz CT molecular complexity index is 557. The second kappa shape index (κ2) is 4.85. The summed E-state index contributed by atoms with van der Waals surface area (Å²) in [5.74, 6) is 0.979. The monoisotopic (exact) mass is 263 g/mol. The highest BCUT2D eigenvalue weighted by molar-refractivity contribution is 5.67. The smallest absolute Gasteiger partial charge is 0.303 e. The van der Waals surface area contributed by atoms with E-state index in [1.807, 2.05) is 0 Å². The van der Waals surface area contributed by atoms with Crippen molar-refractivity contribution in [3.05, 3.63) is 24.2 Å². The molecule has 0 aromatic carbocycles. The van der Waals surface area contributed by atoms with E-state index in [2.05, 4.69) is 15.0 Å². The third-order valence-electron chi connectivity index (χ3n) is 3.06. The van der Waals surface area contributed by atoms with Crippen LogP contribution in [0.15, 0.2) is 27.3 Å². The highest BCUT2D eigenvalue weighted by atomic mass is 16.5. The van der Waals surface area contributed by atoms with Gasteiger partial charge in [-0.1, -0.05) is 5.16 Å². The largest absolute Gasteiger partial charge is 0.481 e. The minimum Gasteiger partial charge on any atom is -0.481 e. The predicted octanol–water partition coefficient (Wildman–Crippen LogP) is 1.24. The third kappa shape index (κ3) is 2.65. The second-order valence-corrected chi connectivity index (χ2v) is 4.65. The topological polar surface area (TPSA) is 92.6 Å². The number of likely N-dealkylation sites (tertiary alicyclic amines) is 1. The third-order valence-corrected chi connectivity index (χ3v) is 3.06. The second-order valence-electron chi connectivity index (χ2n) is 4.65. The van der Waals surface area contributed by atoms with E-state index in [0.29, 0.717) is 24.0 Å². The minimum absolute atomic E-state index is 0.223. The Morgan fingerprint density at radius 2 is 2.37 bits per heavy atom. The number of aromatic nitrogens is 2.